The smallest absolute Gasteiger partial charge is 0.271 e. The first-order valence-electron chi connectivity index (χ1n) is 6.74. The Morgan fingerprint density at radius 3 is 2.96 bits per heavy atom. The first-order chi connectivity index (χ1) is 10.5. The van der Waals surface area contributed by atoms with Gasteiger partial charge >= 0.3 is 0 Å². The number of nitro benzene ring substituents is 1. The highest BCUT2D eigenvalue weighted by molar-refractivity contribution is 6.31. The molecular weight excluding hydrogens is 345 g/mol. The molecule has 10 heteroatoms. The Bertz CT molecular complexity index is 709. The van der Waals surface area contributed by atoms with E-state index in [1.165, 1.54) is 12.1 Å². The summed E-state index contributed by atoms with van der Waals surface area (Å²) in [6, 6.07) is 4.22. The van der Waals surface area contributed by atoms with E-state index < -0.39 is 4.92 Å². The number of likely N-dealkylation sites (N-methyl/N-ethyl adjacent to an activating group) is 1. The molecule has 1 N–H and O–H groups in total. The summed E-state index contributed by atoms with van der Waals surface area (Å²) in [5, 5.41) is 18.4. The monoisotopic (exact) mass is 359 g/mol. The number of nitrogens with zero attached hydrogens (tertiary/aromatic N) is 4. The maximum absolute atomic E-state index is 10.9. The molecule has 0 radical (unpaired) electrons. The van der Waals surface area contributed by atoms with Gasteiger partial charge in [0.25, 0.3) is 11.6 Å². The maximum atomic E-state index is 10.9. The van der Waals surface area contributed by atoms with Crippen molar-refractivity contribution in [3.63, 3.8) is 0 Å². The van der Waals surface area contributed by atoms with E-state index >= 15 is 0 Å². The number of nitrogens with one attached hydrogen (secondary N) is 1. The molecule has 1 saturated heterocycles. The Labute approximate surface area is 143 Å². The first kappa shape index (κ1) is 17.6. The fourth-order valence-corrected chi connectivity index (χ4v) is 2.61. The number of nitro groups is 1. The van der Waals surface area contributed by atoms with Crippen molar-refractivity contribution in [2.75, 3.05) is 26.7 Å². The predicted octanol–water partition coefficient (Wildman–Crippen LogP) is 2.30. The lowest BCUT2D eigenvalue weighted by molar-refractivity contribution is -0.384. The number of non-ortho nitro benzene ring substituents is 1. The van der Waals surface area contributed by atoms with E-state index in [1.807, 2.05) is 7.05 Å². The van der Waals surface area contributed by atoms with Gasteiger partial charge in [0, 0.05) is 42.4 Å². The van der Waals surface area contributed by atoms with Gasteiger partial charge in [0.05, 0.1) is 11.0 Å². The van der Waals surface area contributed by atoms with E-state index in [2.05, 4.69) is 20.4 Å². The van der Waals surface area contributed by atoms with Crippen LogP contribution in [0.2, 0.25) is 5.02 Å². The lowest BCUT2D eigenvalue weighted by Crippen LogP contribution is -2.44. The van der Waals surface area contributed by atoms with Gasteiger partial charge in [0.1, 0.15) is 0 Å². The van der Waals surface area contributed by atoms with Gasteiger partial charge in [-0.3, -0.25) is 15.0 Å². The molecule has 8 nitrogen and oxygen atoms in total. The third kappa shape index (κ3) is 3.78. The molecule has 1 aromatic heterocycles. The van der Waals surface area contributed by atoms with Crippen LogP contribution in [-0.4, -0.2) is 46.6 Å². The fourth-order valence-electron chi connectivity index (χ4n) is 2.38. The van der Waals surface area contributed by atoms with E-state index in [9.17, 15) is 10.1 Å². The van der Waals surface area contributed by atoms with Crippen molar-refractivity contribution in [2.24, 2.45) is 0 Å². The molecule has 1 aliphatic heterocycles. The summed E-state index contributed by atoms with van der Waals surface area (Å²) in [5.74, 6) is 0.770. The quantitative estimate of drug-likeness (QED) is 0.662. The van der Waals surface area contributed by atoms with Gasteiger partial charge < -0.3 is 9.84 Å². The molecule has 0 bridgehead atoms. The van der Waals surface area contributed by atoms with Crippen molar-refractivity contribution in [1.82, 2.24) is 20.4 Å². The Kier molecular flexibility index (Phi) is 5.53. The Morgan fingerprint density at radius 1 is 1.48 bits per heavy atom. The Morgan fingerprint density at radius 2 is 2.26 bits per heavy atom. The van der Waals surface area contributed by atoms with Gasteiger partial charge in [0.15, 0.2) is 5.82 Å². The number of aromatic nitrogens is 2. The Hall–Kier alpha value is -1.74. The zero-order chi connectivity index (χ0) is 15.7. The summed E-state index contributed by atoms with van der Waals surface area (Å²) in [7, 11) is 1.99. The molecule has 0 aliphatic carbocycles. The van der Waals surface area contributed by atoms with E-state index in [0.29, 0.717) is 11.4 Å². The minimum atomic E-state index is -0.508. The van der Waals surface area contributed by atoms with Gasteiger partial charge in [-0.15, -0.1) is 12.4 Å². The summed E-state index contributed by atoms with van der Waals surface area (Å²) < 4.78 is 5.25. The third-order valence-electron chi connectivity index (χ3n) is 3.59. The lowest BCUT2D eigenvalue weighted by atomic mass is 10.2. The van der Waals surface area contributed by atoms with Crippen molar-refractivity contribution in [2.45, 2.75) is 6.04 Å². The number of hydrogen-bond donors (Lipinski definition) is 1. The predicted molar refractivity (Wildman–Crippen MR) is 86.9 cm³/mol. The topological polar surface area (TPSA) is 97.3 Å². The van der Waals surface area contributed by atoms with Crippen LogP contribution in [0.3, 0.4) is 0 Å². The lowest BCUT2D eigenvalue weighted by Gasteiger charge is -2.30. The van der Waals surface area contributed by atoms with Crippen LogP contribution in [0, 0.1) is 10.1 Å². The number of hydrogen-bond acceptors (Lipinski definition) is 7. The maximum Gasteiger partial charge on any atom is 0.271 e. The molecule has 0 saturated carbocycles. The normalized spacial score (nSPS) is 18.4. The van der Waals surface area contributed by atoms with Crippen LogP contribution >= 0.6 is 24.0 Å². The van der Waals surface area contributed by atoms with Crippen molar-refractivity contribution < 1.29 is 9.45 Å². The van der Waals surface area contributed by atoms with Crippen LogP contribution in [0.4, 0.5) is 5.69 Å². The van der Waals surface area contributed by atoms with Gasteiger partial charge in [0.2, 0.25) is 0 Å². The van der Waals surface area contributed by atoms with E-state index in [0.717, 1.165) is 19.6 Å². The highest BCUT2D eigenvalue weighted by Gasteiger charge is 2.26. The molecule has 1 fully saturated rings. The average molecular weight is 360 g/mol. The third-order valence-corrected chi connectivity index (χ3v) is 3.81. The second-order valence-electron chi connectivity index (χ2n) is 5.11. The van der Waals surface area contributed by atoms with Crippen LogP contribution < -0.4 is 5.32 Å². The van der Waals surface area contributed by atoms with Crippen molar-refractivity contribution in [3.8, 4) is 11.5 Å². The Balaban J connectivity index is 0.00000192. The highest BCUT2D eigenvalue weighted by atomic mass is 35.5. The van der Waals surface area contributed by atoms with Crippen LogP contribution in [0.15, 0.2) is 22.7 Å². The van der Waals surface area contributed by atoms with Gasteiger partial charge in [-0.2, -0.15) is 4.98 Å². The summed E-state index contributed by atoms with van der Waals surface area (Å²) in [5.41, 5.74) is 0.322. The second-order valence-corrected chi connectivity index (χ2v) is 5.55. The molecule has 1 aliphatic rings. The molecule has 2 aromatic rings. The van der Waals surface area contributed by atoms with Crippen molar-refractivity contribution >= 4 is 29.7 Å². The van der Waals surface area contributed by atoms with E-state index in [1.54, 1.807) is 6.07 Å². The molecule has 1 unspecified atom stereocenters. The molecule has 0 amide bonds. The molecule has 23 heavy (non-hydrogen) atoms. The van der Waals surface area contributed by atoms with Crippen molar-refractivity contribution in [1.29, 1.82) is 0 Å². The minimum Gasteiger partial charge on any atom is -0.334 e. The number of benzene rings is 1. The minimum absolute atomic E-state index is 0. The van der Waals surface area contributed by atoms with Crippen molar-refractivity contribution in [3.05, 3.63) is 39.2 Å². The van der Waals surface area contributed by atoms with Crippen LogP contribution in [0.25, 0.3) is 11.5 Å². The first-order valence-corrected chi connectivity index (χ1v) is 7.12. The molecule has 1 aromatic carbocycles. The van der Waals surface area contributed by atoms with E-state index in [-0.39, 0.29) is 35.0 Å². The number of piperazine rings is 1. The average Bonchev–Trinajstić information content (AvgIpc) is 2.96. The SMILES string of the molecule is CN1CCNCC1c1noc(-c2cc(Cl)cc([N+](=O)[O-])c2)n1.Cl. The zero-order valence-electron chi connectivity index (χ0n) is 12.2. The molecule has 2 heterocycles. The largest absolute Gasteiger partial charge is 0.334 e. The summed E-state index contributed by atoms with van der Waals surface area (Å²) in [6.45, 7) is 2.53. The summed E-state index contributed by atoms with van der Waals surface area (Å²) in [4.78, 5) is 16.9. The molecule has 1 atom stereocenters. The standard InChI is InChI=1S/C13H14ClN5O3.ClH/c1-18-3-2-15-7-11(18)12-16-13(22-17-12)8-4-9(14)6-10(5-8)19(20)21;/h4-6,11,15H,2-3,7H2,1H3;1H. The van der Waals surface area contributed by atoms with E-state index in [4.69, 9.17) is 16.1 Å². The van der Waals surface area contributed by atoms with Crippen LogP contribution in [0.1, 0.15) is 11.9 Å². The fraction of sp³-hybridized carbons (Fsp3) is 0.385. The molecular formula is C13H15Cl2N5O3. The molecule has 3 rings (SSSR count). The zero-order valence-corrected chi connectivity index (χ0v) is 13.8. The number of halogens is 2. The van der Waals surface area contributed by atoms with Crippen LogP contribution in [0.5, 0.6) is 0 Å². The van der Waals surface area contributed by atoms with Crippen LogP contribution in [-0.2, 0) is 0 Å². The van der Waals surface area contributed by atoms with Gasteiger partial charge in [-0.1, -0.05) is 16.8 Å². The number of rotatable bonds is 3. The summed E-state index contributed by atoms with van der Waals surface area (Å²) >= 11 is 5.91. The molecule has 0 spiro atoms. The van der Waals surface area contributed by atoms with Gasteiger partial charge in [-0.25, -0.2) is 0 Å². The van der Waals surface area contributed by atoms with Gasteiger partial charge in [-0.05, 0) is 13.1 Å². The summed E-state index contributed by atoms with van der Waals surface area (Å²) in [6.07, 6.45) is 0. The molecule has 124 valence electrons. The second kappa shape index (κ2) is 7.22. The highest BCUT2D eigenvalue weighted by Crippen LogP contribution is 2.28.